The Morgan fingerprint density at radius 1 is 0.926 bits per heavy atom. The number of amidine groups is 2. The number of hydrogen-bond acceptors (Lipinski definition) is 6. The lowest BCUT2D eigenvalue weighted by Gasteiger charge is -2.10. The van der Waals surface area contributed by atoms with Gasteiger partial charge in [0.15, 0.2) is 0 Å². The summed E-state index contributed by atoms with van der Waals surface area (Å²) < 4.78 is 21.8. The van der Waals surface area contributed by atoms with Crippen LogP contribution in [0.25, 0.3) is 0 Å². The van der Waals surface area contributed by atoms with E-state index in [2.05, 4.69) is 6.92 Å². The fraction of sp³-hybridized carbons (Fsp3) is 0.579. The smallest absolute Gasteiger partial charge is 0.122 e. The van der Waals surface area contributed by atoms with Crippen LogP contribution in [0.1, 0.15) is 20.3 Å². The monoisotopic (exact) mass is 382 g/mol. The minimum absolute atomic E-state index is 0.0509. The molecule has 0 fully saturated rings. The number of ether oxygens (including phenoxy) is 4. The summed E-state index contributed by atoms with van der Waals surface area (Å²) in [4.78, 5) is 0. The Labute approximate surface area is 162 Å². The van der Waals surface area contributed by atoms with Crippen LogP contribution in [0.15, 0.2) is 36.0 Å². The van der Waals surface area contributed by atoms with E-state index in [0.717, 1.165) is 13.0 Å². The van der Waals surface area contributed by atoms with E-state index in [1.54, 1.807) is 12.2 Å². The van der Waals surface area contributed by atoms with Gasteiger partial charge >= 0.3 is 0 Å². The predicted octanol–water partition coefficient (Wildman–Crippen LogP) is 1.76. The summed E-state index contributed by atoms with van der Waals surface area (Å²) in [6, 6.07) is 0. The minimum Gasteiger partial charge on any atom is -0.388 e. The molecule has 0 aliphatic heterocycles. The number of nitrogens with two attached hydrogens (primary N) is 2. The van der Waals surface area contributed by atoms with Gasteiger partial charge in [-0.15, -0.1) is 0 Å². The molecule has 0 aromatic carbocycles. The van der Waals surface area contributed by atoms with E-state index in [1.165, 1.54) is 6.92 Å². The second-order valence-electron chi connectivity index (χ2n) is 5.64. The van der Waals surface area contributed by atoms with Crippen molar-refractivity contribution in [2.45, 2.75) is 26.4 Å². The van der Waals surface area contributed by atoms with Crippen molar-refractivity contribution < 1.29 is 18.9 Å². The zero-order chi connectivity index (χ0) is 20.3. The number of hydrogen-bond donors (Lipinski definition) is 4. The van der Waals surface area contributed by atoms with Crippen LogP contribution < -0.4 is 11.5 Å². The van der Waals surface area contributed by atoms with Gasteiger partial charge in [0.25, 0.3) is 0 Å². The molecule has 0 heterocycles. The third kappa shape index (κ3) is 17.2. The Morgan fingerprint density at radius 2 is 1.44 bits per heavy atom. The molecule has 0 radical (unpaired) electrons. The molecule has 27 heavy (non-hydrogen) atoms. The zero-order valence-electron chi connectivity index (χ0n) is 16.4. The summed E-state index contributed by atoms with van der Waals surface area (Å²) in [7, 11) is 0. The lowest BCUT2D eigenvalue weighted by molar-refractivity contribution is -0.00468. The molecule has 0 aromatic heterocycles. The average Bonchev–Trinajstić information content (AvgIpc) is 2.85. The molecule has 0 bridgehead atoms. The van der Waals surface area contributed by atoms with Crippen molar-refractivity contribution in [3.63, 3.8) is 0 Å². The van der Waals surface area contributed by atoms with Crippen molar-refractivity contribution in [2.24, 2.45) is 11.5 Å². The van der Waals surface area contributed by atoms with E-state index in [9.17, 15) is 0 Å². The summed E-state index contributed by atoms with van der Waals surface area (Å²) in [5.74, 6) is 0.218. The quantitative estimate of drug-likeness (QED) is 0.218. The first-order chi connectivity index (χ1) is 13.0. The summed E-state index contributed by atoms with van der Waals surface area (Å²) >= 11 is 0. The standard InChI is InChI=1S/C17H28N2O4.C2H6N2/c1-2-8-20-9-10-21-11-12-22-13-14-23-16-5-3-4-15(6-7-16)17(18)19;1-2(3)4/h3-7,16H,2,8-14H2,1H3,(H3,18,19);1H3,(H3,3,4). The maximum Gasteiger partial charge on any atom is 0.122 e. The summed E-state index contributed by atoms with van der Waals surface area (Å²) in [6.45, 7) is 7.74. The fourth-order valence-electron chi connectivity index (χ4n) is 1.81. The van der Waals surface area contributed by atoms with Crippen molar-refractivity contribution in [1.82, 2.24) is 0 Å². The van der Waals surface area contributed by atoms with E-state index in [-0.39, 0.29) is 17.8 Å². The third-order valence-electron chi connectivity index (χ3n) is 2.98. The Hall–Kier alpha value is -2.00. The van der Waals surface area contributed by atoms with Gasteiger partial charge in [-0.1, -0.05) is 37.3 Å². The van der Waals surface area contributed by atoms with E-state index in [0.29, 0.717) is 45.2 Å². The highest BCUT2D eigenvalue weighted by molar-refractivity contribution is 5.97. The van der Waals surface area contributed by atoms with Crippen LogP contribution >= 0.6 is 0 Å². The fourth-order valence-corrected chi connectivity index (χ4v) is 1.81. The number of nitrogens with one attached hydrogen (secondary N) is 2. The van der Waals surface area contributed by atoms with Gasteiger partial charge in [0, 0.05) is 12.2 Å². The minimum atomic E-state index is -0.126. The van der Waals surface area contributed by atoms with Crippen LogP contribution in [0.4, 0.5) is 0 Å². The third-order valence-corrected chi connectivity index (χ3v) is 2.98. The number of allylic oxidation sites excluding steroid dienone is 2. The Bertz CT molecular complexity index is 500. The van der Waals surface area contributed by atoms with Gasteiger partial charge in [-0.25, -0.2) is 0 Å². The summed E-state index contributed by atoms with van der Waals surface area (Å²) in [5.41, 5.74) is 10.8. The van der Waals surface area contributed by atoms with Crippen molar-refractivity contribution >= 4 is 11.7 Å². The second-order valence-corrected chi connectivity index (χ2v) is 5.64. The molecule has 1 rings (SSSR count). The zero-order valence-corrected chi connectivity index (χ0v) is 16.4. The van der Waals surface area contributed by atoms with Gasteiger partial charge in [0.2, 0.25) is 0 Å². The first kappa shape index (κ1) is 25.0. The Kier molecular flexibility index (Phi) is 16.1. The number of rotatable bonds is 13. The first-order valence-corrected chi connectivity index (χ1v) is 9.03. The van der Waals surface area contributed by atoms with Crippen LogP contribution in [0.5, 0.6) is 0 Å². The maximum atomic E-state index is 7.39. The van der Waals surface area contributed by atoms with Crippen molar-refractivity contribution in [1.29, 1.82) is 10.8 Å². The topological polar surface area (TPSA) is 137 Å². The lowest BCUT2D eigenvalue weighted by atomic mass is 10.2. The molecular weight excluding hydrogens is 348 g/mol. The van der Waals surface area contributed by atoms with Crippen LogP contribution in [-0.4, -0.2) is 64.0 Å². The molecule has 6 N–H and O–H groups in total. The molecular formula is C19H34N4O4. The normalized spacial score (nSPS) is 15.5. The maximum absolute atomic E-state index is 7.39. The van der Waals surface area contributed by atoms with Gasteiger partial charge in [-0.2, -0.15) is 0 Å². The molecule has 0 amide bonds. The predicted molar refractivity (Wildman–Crippen MR) is 108 cm³/mol. The van der Waals surface area contributed by atoms with Gasteiger partial charge < -0.3 is 30.4 Å². The molecule has 1 aliphatic carbocycles. The van der Waals surface area contributed by atoms with Crippen LogP contribution in [0.3, 0.4) is 0 Å². The molecule has 8 nitrogen and oxygen atoms in total. The SMILES string of the molecule is CC(=N)N.CCCOCCOCCOCCOC1C=CC=C(C(=N)N)C=C1. The Morgan fingerprint density at radius 3 is 1.96 bits per heavy atom. The molecule has 154 valence electrons. The second kappa shape index (κ2) is 17.4. The highest BCUT2D eigenvalue weighted by Crippen LogP contribution is 2.07. The van der Waals surface area contributed by atoms with Gasteiger partial charge in [0.1, 0.15) is 5.84 Å². The largest absolute Gasteiger partial charge is 0.388 e. The highest BCUT2D eigenvalue weighted by Gasteiger charge is 2.04. The molecule has 1 aliphatic rings. The van der Waals surface area contributed by atoms with E-state index in [4.69, 9.17) is 41.2 Å². The lowest BCUT2D eigenvalue weighted by Crippen LogP contribution is -2.15. The molecule has 1 atom stereocenters. The van der Waals surface area contributed by atoms with Gasteiger partial charge in [-0.05, 0) is 13.3 Å². The van der Waals surface area contributed by atoms with Gasteiger partial charge in [-0.3, -0.25) is 10.8 Å². The molecule has 0 saturated carbocycles. The highest BCUT2D eigenvalue weighted by atomic mass is 16.6. The first-order valence-electron chi connectivity index (χ1n) is 9.03. The van der Waals surface area contributed by atoms with Crippen molar-refractivity contribution in [3.8, 4) is 0 Å². The molecule has 0 aromatic rings. The molecule has 1 unspecified atom stereocenters. The van der Waals surface area contributed by atoms with Gasteiger partial charge in [0.05, 0.1) is 51.6 Å². The summed E-state index contributed by atoms with van der Waals surface area (Å²) in [5, 5.41) is 13.7. The molecule has 0 saturated heterocycles. The van der Waals surface area contributed by atoms with E-state index < -0.39 is 0 Å². The van der Waals surface area contributed by atoms with Crippen molar-refractivity contribution in [2.75, 3.05) is 46.2 Å². The van der Waals surface area contributed by atoms with E-state index in [1.807, 2.05) is 18.2 Å². The summed E-state index contributed by atoms with van der Waals surface area (Å²) in [6.07, 6.45) is 10.1. The van der Waals surface area contributed by atoms with E-state index >= 15 is 0 Å². The molecule has 8 heteroatoms. The average molecular weight is 383 g/mol. The van der Waals surface area contributed by atoms with Crippen LogP contribution in [0.2, 0.25) is 0 Å². The van der Waals surface area contributed by atoms with Crippen molar-refractivity contribution in [3.05, 3.63) is 36.0 Å². The van der Waals surface area contributed by atoms with Crippen LogP contribution in [0, 0.1) is 10.8 Å². The molecule has 0 spiro atoms. The van der Waals surface area contributed by atoms with Crippen LogP contribution in [-0.2, 0) is 18.9 Å². The Balaban J connectivity index is 0.00000153.